The summed E-state index contributed by atoms with van der Waals surface area (Å²) >= 11 is 0. The highest BCUT2D eigenvalue weighted by Crippen LogP contribution is 2.07. The van der Waals surface area contributed by atoms with Gasteiger partial charge in [0, 0.05) is 14.1 Å². The maximum atomic E-state index is 10.4. The first-order valence-corrected chi connectivity index (χ1v) is 7.05. The predicted octanol–water partition coefficient (Wildman–Crippen LogP) is 3.98. The second-order valence-corrected chi connectivity index (χ2v) is 4.74. The van der Waals surface area contributed by atoms with Crippen molar-refractivity contribution >= 4 is 6.09 Å². The van der Waals surface area contributed by atoms with Crippen molar-refractivity contribution in [3.05, 3.63) is 71.8 Å². The summed E-state index contributed by atoms with van der Waals surface area (Å²) in [6.45, 7) is 2.22. The van der Waals surface area contributed by atoms with Gasteiger partial charge in [-0.25, -0.2) is 4.79 Å². The normalized spacial score (nSPS) is 9.29. The van der Waals surface area contributed by atoms with E-state index in [-0.39, 0.29) is 6.09 Å². The van der Waals surface area contributed by atoms with Crippen LogP contribution in [-0.4, -0.2) is 31.7 Å². The van der Waals surface area contributed by atoms with Crippen molar-refractivity contribution in [1.29, 1.82) is 0 Å². The highest BCUT2D eigenvalue weighted by Gasteiger charge is 1.99. The molecule has 0 aromatic heterocycles. The summed E-state index contributed by atoms with van der Waals surface area (Å²) in [7, 11) is 3.30. The number of amides is 1. The van der Waals surface area contributed by atoms with Crippen molar-refractivity contribution in [2.24, 2.45) is 0 Å². The Morgan fingerprint density at radius 1 is 0.905 bits per heavy atom. The molecule has 0 radical (unpaired) electrons. The number of nitrogens with zero attached hydrogens (tertiary/aromatic N) is 1. The molecule has 0 bridgehead atoms. The Hall–Kier alpha value is -2.29. The number of rotatable bonds is 3. The zero-order chi connectivity index (χ0) is 15.5. The highest BCUT2D eigenvalue weighted by molar-refractivity contribution is 5.66. The van der Waals surface area contributed by atoms with Gasteiger partial charge in [-0.2, -0.15) is 0 Å². The molecule has 2 aromatic rings. The standard InChI is InChI=1S/C13H12.C5H11NO2/c1-3-7-12(8-4-1)11-13-9-5-2-6-10-13;1-4-8-5(7)6(2)3/h1-10H,11H2;4H2,1-3H3. The monoisotopic (exact) mass is 285 g/mol. The largest absolute Gasteiger partial charge is 0.450 e. The van der Waals surface area contributed by atoms with E-state index in [1.165, 1.54) is 16.0 Å². The smallest absolute Gasteiger partial charge is 0.409 e. The molecular formula is C18H23NO2. The van der Waals surface area contributed by atoms with Gasteiger partial charge in [-0.05, 0) is 24.5 Å². The minimum atomic E-state index is -0.285. The average Bonchev–Trinajstić information content (AvgIpc) is 2.50. The second-order valence-electron chi connectivity index (χ2n) is 4.74. The van der Waals surface area contributed by atoms with E-state index in [4.69, 9.17) is 0 Å². The molecule has 2 rings (SSSR count). The third-order valence-electron chi connectivity index (χ3n) is 2.73. The minimum absolute atomic E-state index is 0.285. The van der Waals surface area contributed by atoms with Crippen LogP contribution in [0.5, 0.6) is 0 Å². The van der Waals surface area contributed by atoms with Crippen LogP contribution in [0.15, 0.2) is 60.7 Å². The van der Waals surface area contributed by atoms with Crippen LogP contribution in [-0.2, 0) is 11.2 Å². The quantitative estimate of drug-likeness (QED) is 0.853. The predicted molar refractivity (Wildman–Crippen MR) is 86.4 cm³/mol. The summed E-state index contributed by atoms with van der Waals surface area (Å²) < 4.78 is 4.59. The Morgan fingerprint density at radius 2 is 1.33 bits per heavy atom. The van der Waals surface area contributed by atoms with E-state index in [1.54, 1.807) is 21.0 Å². The van der Waals surface area contributed by atoms with Crippen LogP contribution in [0.25, 0.3) is 0 Å². The fourth-order valence-corrected chi connectivity index (χ4v) is 1.68. The SMILES string of the molecule is CCOC(=O)N(C)C.c1ccc(Cc2ccccc2)cc1. The van der Waals surface area contributed by atoms with Crippen molar-refractivity contribution in [1.82, 2.24) is 4.90 Å². The molecule has 0 fully saturated rings. The summed E-state index contributed by atoms with van der Waals surface area (Å²) in [4.78, 5) is 11.8. The molecule has 0 spiro atoms. The summed E-state index contributed by atoms with van der Waals surface area (Å²) in [5, 5.41) is 0. The molecule has 2 aromatic carbocycles. The van der Waals surface area contributed by atoms with E-state index >= 15 is 0 Å². The van der Waals surface area contributed by atoms with E-state index in [9.17, 15) is 4.79 Å². The highest BCUT2D eigenvalue weighted by atomic mass is 16.5. The molecule has 0 heterocycles. The molecule has 0 aliphatic rings. The molecule has 0 N–H and O–H groups in total. The van der Waals surface area contributed by atoms with E-state index in [0.717, 1.165) is 6.42 Å². The molecule has 112 valence electrons. The van der Waals surface area contributed by atoms with Crippen molar-refractivity contribution in [2.75, 3.05) is 20.7 Å². The number of benzene rings is 2. The fraction of sp³-hybridized carbons (Fsp3) is 0.278. The van der Waals surface area contributed by atoms with E-state index in [1.807, 2.05) is 0 Å². The Morgan fingerprint density at radius 3 is 1.62 bits per heavy atom. The van der Waals surface area contributed by atoms with Crippen molar-refractivity contribution in [3.63, 3.8) is 0 Å². The van der Waals surface area contributed by atoms with Crippen LogP contribution in [0.3, 0.4) is 0 Å². The average molecular weight is 285 g/mol. The Balaban J connectivity index is 0.000000240. The third kappa shape index (κ3) is 7.16. The summed E-state index contributed by atoms with van der Waals surface area (Å²) in [6, 6.07) is 21.1. The van der Waals surface area contributed by atoms with Gasteiger partial charge < -0.3 is 9.64 Å². The zero-order valence-corrected chi connectivity index (χ0v) is 13.0. The van der Waals surface area contributed by atoms with Crippen LogP contribution in [0, 0.1) is 0 Å². The van der Waals surface area contributed by atoms with Gasteiger partial charge in [-0.15, -0.1) is 0 Å². The Bertz CT molecular complexity index is 472. The lowest BCUT2D eigenvalue weighted by Crippen LogP contribution is -2.22. The molecule has 3 nitrogen and oxygen atoms in total. The number of carbonyl (C=O) groups excluding carboxylic acids is 1. The van der Waals surface area contributed by atoms with E-state index in [0.29, 0.717) is 6.61 Å². The topological polar surface area (TPSA) is 29.5 Å². The van der Waals surface area contributed by atoms with Gasteiger partial charge in [-0.3, -0.25) is 0 Å². The van der Waals surface area contributed by atoms with Crippen LogP contribution in [0.4, 0.5) is 4.79 Å². The third-order valence-corrected chi connectivity index (χ3v) is 2.73. The molecule has 0 unspecified atom stereocenters. The maximum Gasteiger partial charge on any atom is 0.409 e. The van der Waals surface area contributed by atoms with Crippen LogP contribution >= 0.6 is 0 Å². The van der Waals surface area contributed by atoms with Gasteiger partial charge in [0.2, 0.25) is 0 Å². The van der Waals surface area contributed by atoms with Gasteiger partial charge in [-0.1, -0.05) is 60.7 Å². The van der Waals surface area contributed by atoms with Gasteiger partial charge in [0.25, 0.3) is 0 Å². The molecule has 0 saturated heterocycles. The lowest BCUT2D eigenvalue weighted by Gasteiger charge is -2.07. The summed E-state index contributed by atoms with van der Waals surface area (Å²) in [6.07, 6.45) is 0.745. The Kier molecular flexibility index (Phi) is 7.65. The van der Waals surface area contributed by atoms with Crippen LogP contribution < -0.4 is 0 Å². The minimum Gasteiger partial charge on any atom is -0.450 e. The van der Waals surface area contributed by atoms with Crippen LogP contribution in [0.1, 0.15) is 18.1 Å². The molecule has 0 aliphatic carbocycles. The first-order chi connectivity index (χ1) is 10.1. The molecule has 21 heavy (non-hydrogen) atoms. The molecule has 1 amide bonds. The van der Waals surface area contributed by atoms with Crippen LogP contribution in [0.2, 0.25) is 0 Å². The molecule has 3 heteroatoms. The maximum absolute atomic E-state index is 10.4. The second kappa shape index (κ2) is 9.59. The molecule has 0 saturated carbocycles. The number of hydrogen-bond donors (Lipinski definition) is 0. The number of hydrogen-bond acceptors (Lipinski definition) is 2. The first kappa shape index (κ1) is 16.8. The van der Waals surface area contributed by atoms with Crippen molar-refractivity contribution in [3.8, 4) is 0 Å². The van der Waals surface area contributed by atoms with Gasteiger partial charge in [0.05, 0.1) is 6.61 Å². The van der Waals surface area contributed by atoms with Crippen molar-refractivity contribution < 1.29 is 9.53 Å². The summed E-state index contributed by atoms with van der Waals surface area (Å²) in [5.74, 6) is 0. The van der Waals surface area contributed by atoms with Gasteiger partial charge in [0.15, 0.2) is 0 Å². The lowest BCUT2D eigenvalue weighted by atomic mass is 10.1. The lowest BCUT2D eigenvalue weighted by molar-refractivity contribution is 0.124. The number of carbonyl (C=O) groups is 1. The molecular weight excluding hydrogens is 262 g/mol. The zero-order valence-electron chi connectivity index (χ0n) is 13.0. The van der Waals surface area contributed by atoms with Crippen molar-refractivity contribution in [2.45, 2.75) is 13.3 Å². The van der Waals surface area contributed by atoms with E-state index in [2.05, 4.69) is 65.4 Å². The van der Waals surface area contributed by atoms with E-state index < -0.39 is 0 Å². The van der Waals surface area contributed by atoms with Gasteiger partial charge in [0.1, 0.15) is 0 Å². The molecule has 0 atom stereocenters. The molecule has 0 aliphatic heterocycles. The van der Waals surface area contributed by atoms with Gasteiger partial charge >= 0.3 is 6.09 Å². The summed E-state index contributed by atoms with van der Waals surface area (Å²) in [5.41, 5.74) is 2.74. The Labute approximate surface area is 127 Å². The first-order valence-electron chi connectivity index (χ1n) is 7.05. The number of ether oxygens (including phenoxy) is 1. The fourth-order valence-electron chi connectivity index (χ4n) is 1.68.